The second-order valence-corrected chi connectivity index (χ2v) is 4.79. The zero-order chi connectivity index (χ0) is 18.7. The maximum absolute atomic E-state index is 9.75. The molecule has 0 heterocycles. The van der Waals surface area contributed by atoms with Gasteiger partial charge in [0.1, 0.15) is 0 Å². The van der Waals surface area contributed by atoms with Gasteiger partial charge < -0.3 is 36.2 Å². The van der Waals surface area contributed by atoms with Crippen molar-refractivity contribution in [3.05, 3.63) is 0 Å². The van der Waals surface area contributed by atoms with Gasteiger partial charge in [0.15, 0.2) is 12.5 Å². The van der Waals surface area contributed by atoms with E-state index in [2.05, 4.69) is 0 Å². The summed E-state index contributed by atoms with van der Waals surface area (Å²) in [7, 11) is -4.01. The molecule has 0 aromatic rings. The van der Waals surface area contributed by atoms with Crippen LogP contribution in [0.1, 0.15) is 41.5 Å². The SMILES string of the molecule is CCOC(C)OC(C)[NH+](C)C(C)(OCC)OCC.F[B-](F)(F)F. The summed E-state index contributed by atoms with van der Waals surface area (Å²) in [6.45, 7) is 13.5. The minimum absolute atomic E-state index is 0.0883. The summed E-state index contributed by atoms with van der Waals surface area (Å²) in [5, 5.41) is 0. The summed E-state index contributed by atoms with van der Waals surface area (Å²) < 4.78 is 61.6. The average Bonchev–Trinajstić information content (AvgIpc) is 2.36. The molecule has 3 atom stereocenters. The van der Waals surface area contributed by atoms with Gasteiger partial charge in [-0.05, 0) is 27.7 Å². The maximum Gasteiger partial charge on any atom is 0.673 e. The lowest BCUT2D eigenvalue weighted by molar-refractivity contribution is -1.03. The van der Waals surface area contributed by atoms with E-state index in [1.54, 1.807) is 0 Å². The molecule has 0 aliphatic heterocycles. The van der Waals surface area contributed by atoms with Gasteiger partial charge in [-0.3, -0.25) is 4.90 Å². The van der Waals surface area contributed by atoms with Crippen molar-refractivity contribution in [1.29, 1.82) is 0 Å². The second kappa shape index (κ2) is 12.0. The van der Waals surface area contributed by atoms with Crippen LogP contribution < -0.4 is 4.90 Å². The molecule has 0 aromatic heterocycles. The van der Waals surface area contributed by atoms with Gasteiger partial charge in [-0.25, -0.2) is 0 Å². The summed E-state index contributed by atoms with van der Waals surface area (Å²) >= 11 is 0. The molecule has 142 valence electrons. The predicted octanol–water partition coefficient (Wildman–Crippen LogP) is 2.29. The fraction of sp³-hybridized carbons (Fsp3) is 1.00. The molecule has 0 rings (SSSR count). The highest BCUT2D eigenvalue weighted by Gasteiger charge is 2.39. The van der Waals surface area contributed by atoms with Crippen molar-refractivity contribution in [2.45, 2.75) is 60.0 Å². The molecular weight excluding hydrogens is 321 g/mol. The quantitative estimate of drug-likeness (QED) is 0.373. The Labute approximate surface area is 136 Å². The van der Waals surface area contributed by atoms with E-state index in [0.29, 0.717) is 19.8 Å². The zero-order valence-electron chi connectivity index (χ0n) is 15.0. The van der Waals surface area contributed by atoms with Gasteiger partial charge in [-0.1, -0.05) is 0 Å². The van der Waals surface area contributed by atoms with Crippen LogP contribution in [0.2, 0.25) is 0 Å². The smallest absolute Gasteiger partial charge is 0.418 e. The molecule has 0 radical (unpaired) electrons. The van der Waals surface area contributed by atoms with E-state index >= 15 is 0 Å². The van der Waals surface area contributed by atoms with Crippen LogP contribution in [0.25, 0.3) is 0 Å². The molecule has 0 aliphatic rings. The van der Waals surface area contributed by atoms with Gasteiger partial charge in [0, 0.05) is 20.5 Å². The molecule has 0 saturated carbocycles. The third kappa shape index (κ3) is 13.7. The molecule has 10 heteroatoms. The van der Waals surface area contributed by atoms with E-state index in [0.717, 1.165) is 4.90 Å². The van der Waals surface area contributed by atoms with Crippen molar-refractivity contribution in [3.8, 4) is 0 Å². The molecular formula is C13H30BF4NO4. The lowest BCUT2D eigenvalue weighted by Crippen LogP contribution is -3.21. The van der Waals surface area contributed by atoms with Crippen molar-refractivity contribution in [3.63, 3.8) is 0 Å². The Hall–Kier alpha value is -0.415. The largest absolute Gasteiger partial charge is 0.673 e. The van der Waals surface area contributed by atoms with Crippen molar-refractivity contribution in [2.24, 2.45) is 0 Å². The van der Waals surface area contributed by atoms with Crippen LogP contribution in [0.3, 0.4) is 0 Å². The van der Waals surface area contributed by atoms with Crippen LogP contribution in [0.4, 0.5) is 17.3 Å². The standard InChI is InChI=1S/C13H29NO4.BF4/c1-8-15-12(5)18-11(4)14(7)13(6,16-9-2)17-10-3;2-1(3,4)5/h11-12H,8-10H2,1-7H3;/q;-1/p+1. The second-order valence-electron chi connectivity index (χ2n) is 4.79. The first kappa shape index (κ1) is 24.8. The van der Waals surface area contributed by atoms with E-state index in [1.165, 1.54) is 0 Å². The summed E-state index contributed by atoms with van der Waals surface area (Å²) in [5.74, 6) is -0.700. The normalized spacial score (nSPS) is 16.3. The molecule has 23 heavy (non-hydrogen) atoms. The predicted molar refractivity (Wildman–Crippen MR) is 80.4 cm³/mol. The Bertz CT molecular complexity index is 286. The monoisotopic (exact) mass is 351 g/mol. The number of quaternary nitrogens is 1. The highest BCUT2D eigenvalue weighted by atomic mass is 19.5. The highest BCUT2D eigenvalue weighted by molar-refractivity contribution is 6.50. The average molecular weight is 351 g/mol. The van der Waals surface area contributed by atoms with Gasteiger partial charge >= 0.3 is 13.2 Å². The zero-order valence-corrected chi connectivity index (χ0v) is 15.0. The molecule has 0 fully saturated rings. The van der Waals surface area contributed by atoms with Crippen molar-refractivity contribution in [1.82, 2.24) is 0 Å². The number of nitrogens with one attached hydrogen (secondary N) is 1. The van der Waals surface area contributed by atoms with Crippen LogP contribution in [-0.4, -0.2) is 52.6 Å². The van der Waals surface area contributed by atoms with Crippen molar-refractivity contribution < 1.29 is 41.1 Å². The van der Waals surface area contributed by atoms with Crippen molar-refractivity contribution in [2.75, 3.05) is 26.9 Å². The molecule has 1 N–H and O–H groups in total. The van der Waals surface area contributed by atoms with Gasteiger partial charge in [0.05, 0.1) is 20.3 Å². The van der Waals surface area contributed by atoms with E-state index in [-0.39, 0.29) is 12.5 Å². The van der Waals surface area contributed by atoms with Crippen LogP contribution in [0.15, 0.2) is 0 Å². The number of hydrogen-bond donors (Lipinski definition) is 1. The lowest BCUT2D eigenvalue weighted by atomic mass is 10.3. The highest BCUT2D eigenvalue weighted by Crippen LogP contribution is 2.07. The summed E-state index contributed by atoms with van der Waals surface area (Å²) in [4.78, 5) is 1.01. The Morgan fingerprint density at radius 2 is 1.35 bits per heavy atom. The topological polar surface area (TPSA) is 41.4 Å². The third-order valence-electron chi connectivity index (χ3n) is 2.96. The molecule has 0 bridgehead atoms. The number of hydrogen-bond acceptors (Lipinski definition) is 4. The van der Waals surface area contributed by atoms with Crippen LogP contribution in [0, 0.1) is 0 Å². The summed E-state index contributed by atoms with van der Waals surface area (Å²) in [6.07, 6.45) is -0.317. The maximum atomic E-state index is 9.75. The van der Waals surface area contributed by atoms with Gasteiger partial charge in [0.25, 0.3) is 0 Å². The first-order chi connectivity index (χ1) is 10.4. The lowest BCUT2D eigenvalue weighted by Gasteiger charge is -2.37. The number of ether oxygens (including phenoxy) is 4. The number of halogens is 4. The Morgan fingerprint density at radius 3 is 1.65 bits per heavy atom. The first-order valence-corrected chi connectivity index (χ1v) is 7.67. The minimum atomic E-state index is -6.00. The fourth-order valence-corrected chi connectivity index (χ4v) is 1.85. The van der Waals surface area contributed by atoms with E-state index in [9.17, 15) is 17.3 Å². The molecule has 0 spiro atoms. The molecule has 0 saturated heterocycles. The molecule has 0 aromatic carbocycles. The minimum Gasteiger partial charge on any atom is -0.418 e. The Kier molecular flexibility index (Phi) is 13.0. The van der Waals surface area contributed by atoms with Gasteiger partial charge in [0.2, 0.25) is 0 Å². The van der Waals surface area contributed by atoms with Crippen LogP contribution in [0.5, 0.6) is 0 Å². The van der Waals surface area contributed by atoms with E-state index in [4.69, 9.17) is 18.9 Å². The Balaban J connectivity index is 0. The molecule has 5 nitrogen and oxygen atoms in total. The Morgan fingerprint density at radius 1 is 0.957 bits per heavy atom. The van der Waals surface area contributed by atoms with E-state index in [1.807, 2.05) is 48.6 Å². The third-order valence-corrected chi connectivity index (χ3v) is 2.96. The van der Waals surface area contributed by atoms with Gasteiger partial charge in [-0.15, -0.1) is 0 Å². The summed E-state index contributed by atoms with van der Waals surface area (Å²) in [6, 6.07) is 0. The van der Waals surface area contributed by atoms with Crippen LogP contribution >= 0.6 is 0 Å². The summed E-state index contributed by atoms with van der Waals surface area (Å²) in [5.41, 5.74) is 0. The fourth-order valence-electron chi connectivity index (χ4n) is 1.85. The van der Waals surface area contributed by atoms with E-state index < -0.39 is 13.2 Å². The van der Waals surface area contributed by atoms with Gasteiger partial charge in [-0.2, -0.15) is 0 Å². The first-order valence-electron chi connectivity index (χ1n) is 7.67. The molecule has 3 unspecified atom stereocenters. The number of rotatable bonds is 10. The molecule has 0 aliphatic carbocycles. The van der Waals surface area contributed by atoms with Crippen molar-refractivity contribution >= 4 is 7.25 Å². The molecule has 0 amide bonds. The van der Waals surface area contributed by atoms with Crippen LogP contribution in [-0.2, 0) is 18.9 Å².